The van der Waals surface area contributed by atoms with E-state index in [2.05, 4.69) is 4.98 Å². The van der Waals surface area contributed by atoms with Crippen LogP contribution in [-0.4, -0.2) is 24.2 Å². The van der Waals surface area contributed by atoms with Crippen LogP contribution in [0.5, 0.6) is 0 Å². The van der Waals surface area contributed by atoms with Crippen LogP contribution in [0.25, 0.3) is 10.6 Å². The highest BCUT2D eigenvalue weighted by Gasteiger charge is 2.17. The Hall–Kier alpha value is -2.05. The summed E-state index contributed by atoms with van der Waals surface area (Å²) in [6.45, 7) is 0.870. The second-order valence-electron chi connectivity index (χ2n) is 4.43. The average molecular weight is 338 g/mol. The molecule has 0 atom stereocenters. The van der Waals surface area contributed by atoms with Crippen molar-refractivity contribution in [3.8, 4) is 10.6 Å². The summed E-state index contributed by atoms with van der Waals surface area (Å²) < 4.78 is 15.3. The van der Waals surface area contributed by atoms with Gasteiger partial charge in [-0.25, -0.2) is 9.78 Å². The Balaban J connectivity index is 1.61. The zero-order valence-corrected chi connectivity index (χ0v) is 13.0. The van der Waals surface area contributed by atoms with E-state index >= 15 is 0 Å². The van der Waals surface area contributed by atoms with Crippen molar-refractivity contribution in [3.05, 3.63) is 52.4 Å². The van der Waals surface area contributed by atoms with E-state index in [9.17, 15) is 4.79 Å². The van der Waals surface area contributed by atoms with Crippen molar-refractivity contribution in [2.75, 3.05) is 13.2 Å². The fourth-order valence-electron chi connectivity index (χ4n) is 1.78. The number of benzene rings is 1. The van der Waals surface area contributed by atoms with Crippen LogP contribution in [0.1, 0.15) is 5.69 Å². The fourth-order valence-corrected chi connectivity index (χ4v) is 2.72. The van der Waals surface area contributed by atoms with Gasteiger partial charge in [0.2, 0.25) is 5.76 Å². The zero-order chi connectivity index (χ0) is 15.4. The second-order valence-corrected chi connectivity index (χ2v) is 5.72. The van der Waals surface area contributed by atoms with Gasteiger partial charge in [0, 0.05) is 16.0 Å². The van der Waals surface area contributed by atoms with Gasteiger partial charge in [0.15, 0.2) is 0 Å². The van der Waals surface area contributed by atoms with Crippen LogP contribution in [0.2, 0.25) is 5.02 Å². The molecule has 0 aliphatic carbocycles. The molecule has 22 heavy (non-hydrogen) atoms. The Morgan fingerprint density at radius 3 is 2.86 bits per heavy atom. The molecular weight excluding hydrogens is 326 g/mol. The Kier molecular flexibility index (Phi) is 4.60. The van der Waals surface area contributed by atoms with Gasteiger partial charge in [-0.15, -0.1) is 11.3 Å². The summed E-state index contributed by atoms with van der Waals surface area (Å²) in [7, 11) is 0. The predicted molar refractivity (Wildman–Crippen MR) is 82.3 cm³/mol. The highest BCUT2D eigenvalue weighted by Crippen LogP contribution is 2.25. The van der Waals surface area contributed by atoms with E-state index in [4.69, 9.17) is 25.8 Å². The number of thiazole rings is 1. The molecule has 0 radical (unpaired) electrons. The number of ether oxygens (including phenoxy) is 3. The third kappa shape index (κ3) is 3.58. The first kappa shape index (κ1) is 14.9. The van der Waals surface area contributed by atoms with Crippen molar-refractivity contribution in [1.29, 1.82) is 0 Å². The first-order valence-corrected chi connectivity index (χ1v) is 7.80. The van der Waals surface area contributed by atoms with Crippen molar-refractivity contribution in [2.45, 2.75) is 6.61 Å². The van der Waals surface area contributed by atoms with Crippen molar-refractivity contribution >= 4 is 28.9 Å². The Bertz CT molecular complexity index is 696. The summed E-state index contributed by atoms with van der Waals surface area (Å²) in [5.74, 6) is -0.472. The first-order chi connectivity index (χ1) is 10.7. The van der Waals surface area contributed by atoms with E-state index in [1.165, 1.54) is 17.6 Å². The molecule has 7 heteroatoms. The number of esters is 1. The summed E-state index contributed by atoms with van der Waals surface area (Å²) in [5, 5.41) is 3.38. The van der Waals surface area contributed by atoms with Crippen molar-refractivity contribution < 1.29 is 19.0 Å². The summed E-state index contributed by atoms with van der Waals surface area (Å²) in [6.07, 6.45) is 1.27. The number of aromatic nitrogens is 1. The third-order valence-corrected chi connectivity index (χ3v) is 4.04. The molecule has 114 valence electrons. The van der Waals surface area contributed by atoms with Crippen LogP contribution in [0.15, 0.2) is 41.7 Å². The minimum Gasteiger partial charge on any atom is -0.493 e. The van der Waals surface area contributed by atoms with Gasteiger partial charge in [0.25, 0.3) is 0 Å². The molecule has 0 saturated heterocycles. The van der Waals surface area contributed by atoms with Gasteiger partial charge in [-0.2, -0.15) is 0 Å². The van der Waals surface area contributed by atoms with Gasteiger partial charge in [0.1, 0.15) is 31.1 Å². The van der Waals surface area contributed by atoms with Crippen LogP contribution in [0, 0.1) is 0 Å². The fraction of sp³-hybridized carbons (Fsp3) is 0.200. The molecule has 3 rings (SSSR count). The average Bonchev–Trinajstić information content (AvgIpc) is 3.03. The van der Waals surface area contributed by atoms with Crippen LogP contribution in [-0.2, 0) is 25.6 Å². The topological polar surface area (TPSA) is 57.7 Å². The molecule has 1 aliphatic heterocycles. The Labute approximate surface area is 136 Å². The second kappa shape index (κ2) is 6.81. The molecule has 1 aromatic heterocycles. The molecule has 0 unspecified atom stereocenters. The van der Waals surface area contributed by atoms with Gasteiger partial charge >= 0.3 is 5.97 Å². The Morgan fingerprint density at radius 2 is 2.14 bits per heavy atom. The zero-order valence-electron chi connectivity index (χ0n) is 11.5. The molecule has 1 aromatic carbocycles. The molecule has 0 fully saturated rings. The summed E-state index contributed by atoms with van der Waals surface area (Å²) in [4.78, 5) is 16.2. The molecule has 0 bridgehead atoms. The number of rotatable bonds is 4. The lowest BCUT2D eigenvalue weighted by Crippen LogP contribution is -2.17. The number of nitrogens with zero attached hydrogens (tertiary/aromatic N) is 1. The van der Waals surface area contributed by atoms with Crippen molar-refractivity contribution in [3.63, 3.8) is 0 Å². The highest BCUT2D eigenvalue weighted by atomic mass is 35.5. The molecule has 0 N–H and O–H groups in total. The summed E-state index contributed by atoms with van der Waals surface area (Å²) >= 11 is 7.34. The van der Waals surface area contributed by atoms with Crippen molar-refractivity contribution in [2.24, 2.45) is 0 Å². The molecule has 5 nitrogen and oxygen atoms in total. The number of carbonyl (C=O) groups is 1. The number of hydrogen-bond donors (Lipinski definition) is 0. The van der Waals surface area contributed by atoms with E-state index < -0.39 is 5.97 Å². The van der Waals surface area contributed by atoms with Crippen molar-refractivity contribution in [1.82, 2.24) is 4.98 Å². The molecule has 0 saturated carbocycles. The van der Waals surface area contributed by atoms with E-state index in [0.717, 1.165) is 10.6 Å². The van der Waals surface area contributed by atoms with E-state index in [1.54, 1.807) is 0 Å². The molecule has 0 amide bonds. The monoisotopic (exact) mass is 337 g/mol. The van der Waals surface area contributed by atoms with E-state index in [-0.39, 0.29) is 12.4 Å². The van der Waals surface area contributed by atoms with Gasteiger partial charge in [-0.05, 0) is 12.1 Å². The molecule has 2 heterocycles. The SMILES string of the molecule is O=C(OCc1csc(-c2ccc(Cl)cc2)n1)C1=COCCO1. The van der Waals surface area contributed by atoms with Crippen LogP contribution >= 0.6 is 22.9 Å². The van der Waals surface area contributed by atoms with Gasteiger partial charge in [-0.1, -0.05) is 23.7 Å². The smallest absolute Gasteiger partial charge is 0.377 e. The predicted octanol–water partition coefficient (Wildman–Crippen LogP) is 3.39. The lowest BCUT2D eigenvalue weighted by Gasteiger charge is -2.13. The maximum Gasteiger partial charge on any atom is 0.377 e. The first-order valence-electron chi connectivity index (χ1n) is 6.54. The maximum atomic E-state index is 11.8. The van der Waals surface area contributed by atoms with Crippen LogP contribution < -0.4 is 0 Å². The van der Waals surface area contributed by atoms with Gasteiger partial charge in [-0.3, -0.25) is 0 Å². The largest absolute Gasteiger partial charge is 0.493 e. The standard InChI is InChI=1S/C15H12ClNO4S/c16-11-3-1-10(2-4-11)14-17-12(9-22-14)7-21-15(18)13-8-19-5-6-20-13/h1-4,8-9H,5-7H2. The lowest BCUT2D eigenvalue weighted by atomic mass is 10.2. The maximum absolute atomic E-state index is 11.8. The Morgan fingerprint density at radius 1 is 1.32 bits per heavy atom. The van der Waals surface area contributed by atoms with Crippen LogP contribution in [0.3, 0.4) is 0 Å². The van der Waals surface area contributed by atoms with Gasteiger partial charge in [0.05, 0.1) is 5.69 Å². The highest BCUT2D eigenvalue weighted by molar-refractivity contribution is 7.13. The quantitative estimate of drug-likeness (QED) is 0.800. The molecule has 2 aromatic rings. The summed E-state index contributed by atoms with van der Waals surface area (Å²) in [6, 6.07) is 7.42. The number of carbonyl (C=O) groups excluding carboxylic acids is 1. The lowest BCUT2D eigenvalue weighted by molar-refractivity contribution is -0.146. The van der Waals surface area contributed by atoms with E-state index in [1.807, 2.05) is 29.6 Å². The number of halogens is 1. The van der Waals surface area contributed by atoms with Gasteiger partial charge < -0.3 is 14.2 Å². The third-order valence-electron chi connectivity index (χ3n) is 2.84. The molecule has 1 aliphatic rings. The normalized spacial score (nSPS) is 13.8. The number of hydrogen-bond acceptors (Lipinski definition) is 6. The van der Waals surface area contributed by atoms with Crippen LogP contribution in [0.4, 0.5) is 0 Å². The molecular formula is C15H12ClNO4S. The summed E-state index contributed by atoms with van der Waals surface area (Å²) in [5.41, 5.74) is 1.65. The minimum atomic E-state index is -0.555. The minimum absolute atomic E-state index is 0.0828. The van der Waals surface area contributed by atoms with E-state index in [0.29, 0.717) is 23.9 Å². The molecule has 0 spiro atoms.